The van der Waals surface area contributed by atoms with Crippen LogP contribution in [-0.4, -0.2) is 12.5 Å². The molecule has 2 aromatic carbocycles. The Balaban J connectivity index is 2.07. The summed E-state index contributed by atoms with van der Waals surface area (Å²) in [6.45, 7) is 2.11. The van der Waals surface area contributed by atoms with E-state index in [1.807, 2.05) is 67.6 Å². The zero-order valence-electron chi connectivity index (χ0n) is 11.5. The maximum atomic E-state index is 12.3. The molecule has 20 heavy (non-hydrogen) atoms. The Morgan fingerprint density at radius 3 is 2.00 bits per heavy atom. The van der Waals surface area contributed by atoms with Gasteiger partial charge in [0.15, 0.2) is 0 Å². The third kappa shape index (κ3) is 3.45. The van der Waals surface area contributed by atoms with Gasteiger partial charge in [-0.05, 0) is 18.1 Å². The molecule has 2 rings (SSSR count). The third-order valence-electron chi connectivity index (χ3n) is 3.28. The highest BCUT2D eigenvalue weighted by molar-refractivity contribution is 5.78. The SMILES string of the molecule is CC(OC(=O)C(CN)c1ccccc1)c1ccccc1. The molecule has 0 saturated heterocycles. The van der Waals surface area contributed by atoms with Crippen LogP contribution in [0.5, 0.6) is 0 Å². The molecule has 0 saturated carbocycles. The second kappa shape index (κ2) is 6.87. The van der Waals surface area contributed by atoms with Crippen molar-refractivity contribution < 1.29 is 9.53 Å². The number of nitrogens with two attached hydrogens (primary N) is 1. The van der Waals surface area contributed by atoms with Gasteiger partial charge in [0.05, 0.1) is 5.92 Å². The van der Waals surface area contributed by atoms with Crippen LogP contribution < -0.4 is 5.73 Å². The zero-order chi connectivity index (χ0) is 14.4. The van der Waals surface area contributed by atoms with E-state index in [2.05, 4.69) is 0 Å². The van der Waals surface area contributed by atoms with Crippen LogP contribution in [0.25, 0.3) is 0 Å². The van der Waals surface area contributed by atoms with E-state index < -0.39 is 5.92 Å². The molecule has 104 valence electrons. The second-order valence-electron chi connectivity index (χ2n) is 4.69. The Labute approximate surface area is 119 Å². The molecule has 0 spiro atoms. The fraction of sp³-hybridized carbons (Fsp3) is 0.235. The average molecular weight is 269 g/mol. The lowest BCUT2D eigenvalue weighted by atomic mass is 9.99. The molecule has 0 radical (unpaired) electrons. The van der Waals surface area contributed by atoms with E-state index in [-0.39, 0.29) is 18.6 Å². The molecular weight excluding hydrogens is 250 g/mol. The summed E-state index contributed by atoms with van der Waals surface area (Å²) in [7, 11) is 0. The molecule has 0 aliphatic carbocycles. The van der Waals surface area contributed by atoms with Crippen molar-refractivity contribution in [1.29, 1.82) is 0 Å². The van der Waals surface area contributed by atoms with Gasteiger partial charge in [0, 0.05) is 6.54 Å². The molecule has 0 fully saturated rings. The van der Waals surface area contributed by atoms with Gasteiger partial charge in [-0.25, -0.2) is 0 Å². The number of ether oxygens (including phenoxy) is 1. The monoisotopic (exact) mass is 269 g/mol. The summed E-state index contributed by atoms with van der Waals surface area (Å²) in [5, 5.41) is 0. The molecule has 0 bridgehead atoms. The van der Waals surface area contributed by atoms with E-state index in [9.17, 15) is 4.79 Å². The Morgan fingerprint density at radius 2 is 1.50 bits per heavy atom. The number of benzene rings is 2. The summed E-state index contributed by atoms with van der Waals surface area (Å²) < 4.78 is 5.52. The minimum Gasteiger partial charge on any atom is -0.457 e. The summed E-state index contributed by atoms with van der Waals surface area (Å²) in [6.07, 6.45) is -0.276. The number of carbonyl (C=O) groups is 1. The third-order valence-corrected chi connectivity index (χ3v) is 3.28. The maximum Gasteiger partial charge on any atom is 0.315 e. The van der Waals surface area contributed by atoms with Crippen LogP contribution in [0.1, 0.15) is 30.1 Å². The summed E-state index contributed by atoms with van der Waals surface area (Å²) in [6, 6.07) is 19.2. The molecule has 0 aliphatic heterocycles. The standard InChI is InChI=1S/C17H19NO2/c1-13(14-8-4-2-5-9-14)20-17(19)16(12-18)15-10-6-3-7-11-15/h2-11,13,16H,12,18H2,1H3. The molecule has 3 heteroatoms. The minimum absolute atomic E-state index is 0.240. The van der Waals surface area contributed by atoms with Gasteiger partial charge in [-0.2, -0.15) is 0 Å². The molecule has 3 nitrogen and oxygen atoms in total. The van der Waals surface area contributed by atoms with Crippen LogP contribution in [0.15, 0.2) is 60.7 Å². The number of hydrogen-bond acceptors (Lipinski definition) is 3. The minimum atomic E-state index is -0.414. The topological polar surface area (TPSA) is 52.3 Å². The van der Waals surface area contributed by atoms with Gasteiger partial charge >= 0.3 is 5.97 Å². The van der Waals surface area contributed by atoms with Crippen molar-refractivity contribution in [2.45, 2.75) is 18.9 Å². The van der Waals surface area contributed by atoms with Crippen LogP contribution in [0.3, 0.4) is 0 Å². The van der Waals surface area contributed by atoms with Crippen molar-refractivity contribution in [3.63, 3.8) is 0 Å². The lowest BCUT2D eigenvalue weighted by Crippen LogP contribution is -2.24. The van der Waals surface area contributed by atoms with Gasteiger partial charge in [-0.1, -0.05) is 60.7 Å². The van der Waals surface area contributed by atoms with Gasteiger partial charge in [-0.15, -0.1) is 0 Å². The first-order valence-corrected chi connectivity index (χ1v) is 6.73. The van der Waals surface area contributed by atoms with Gasteiger partial charge in [0.2, 0.25) is 0 Å². The van der Waals surface area contributed by atoms with E-state index >= 15 is 0 Å². The molecule has 2 aromatic rings. The number of hydrogen-bond donors (Lipinski definition) is 1. The number of rotatable bonds is 5. The van der Waals surface area contributed by atoms with E-state index in [0.717, 1.165) is 11.1 Å². The summed E-state index contributed by atoms with van der Waals surface area (Å²) in [4.78, 5) is 12.3. The fourth-order valence-corrected chi connectivity index (χ4v) is 2.10. The second-order valence-corrected chi connectivity index (χ2v) is 4.69. The van der Waals surface area contributed by atoms with Crippen molar-refractivity contribution in [2.24, 2.45) is 5.73 Å². The van der Waals surface area contributed by atoms with E-state index in [1.165, 1.54) is 0 Å². The maximum absolute atomic E-state index is 12.3. The summed E-state index contributed by atoms with van der Waals surface area (Å²) in [5.74, 6) is -0.697. The zero-order valence-corrected chi connectivity index (χ0v) is 11.5. The normalized spacial score (nSPS) is 13.5. The average Bonchev–Trinajstić information content (AvgIpc) is 2.50. The van der Waals surface area contributed by atoms with Crippen LogP contribution in [0.2, 0.25) is 0 Å². The predicted molar refractivity (Wildman–Crippen MR) is 79.2 cm³/mol. The van der Waals surface area contributed by atoms with Gasteiger partial charge in [0.1, 0.15) is 6.10 Å². The van der Waals surface area contributed by atoms with Crippen molar-refractivity contribution in [2.75, 3.05) is 6.54 Å². The number of carbonyl (C=O) groups excluding carboxylic acids is 1. The highest BCUT2D eigenvalue weighted by atomic mass is 16.5. The van der Waals surface area contributed by atoms with Crippen molar-refractivity contribution >= 4 is 5.97 Å². The van der Waals surface area contributed by atoms with E-state index in [1.54, 1.807) is 0 Å². The molecule has 0 heterocycles. The summed E-state index contributed by atoms with van der Waals surface area (Å²) >= 11 is 0. The van der Waals surface area contributed by atoms with Gasteiger partial charge in [-0.3, -0.25) is 4.79 Å². The molecule has 2 unspecified atom stereocenters. The van der Waals surface area contributed by atoms with Gasteiger partial charge in [0.25, 0.3) is 0 Å². The Hall–Kier alpha value is -2.13. The van der Waals surface area contributed by atoms with Crippen molar-refractivity contribution in [1.82, 2.24) is 0 Å². The number of esters is 1. The highest BCUT2D eigenvalue weighted by Crippen LogP contribution is 2.22. The fourth-order valence-electron chi connectivity index (χ4n) is 2.10. The quantitative estimate of drug-likeness (QED) is 0.849. The molecule has 2 atom stereocenters. The smallest absolute Gasteiger partial charge is 0.315 e. The van der Waals surface area contributed by atoms with Crippen molar-refractivity contribution in [3.05, 3.63) is 71.8 Å². The Morgan fingerprint density at radius 1 is 1.00 bits per heavy atom. The first-order valence-electron chi connectivity index (χ1n) is 6.73. The first kappa shape index (κ1) is 14.3. The lowest BCUT2D eigenvalue weighted by molar-refractivity contribution is -0.150. The van der Waals surface area contributed by atoms with E-state index in [4.69, 9.17) is 10.5 Å². The van der Waals surface area contributed by atoms with Gasteiger partial charge < -0.3 is 10.5 Å². The molecule has 2 N–H and O–H groups in total. The predicted octanol–water partition coefficient (Wildman–Crippen LogP) is 3.03. The lowest BCUT2D eigenvalue weighted by Gasteiger charge is -2.19. The summed E-state index contributed by atoms with van der Waals surface area (Å²) in [5.41, 5.74) is 7.58. The molecule has 0 amide bonds. The molecular formula is C17H19NO2. The van der Waals surface area contributed by atoms with Crippen molar-refractivity contribution in [3.8, 4) is 0 Å². The van der Waals surface area contributed by atoms with Crippen LogP contribution >= 0.6 is 0 Å². The molecule has 0 aromatic heterocycles. The molecule has 0 aliphatic rings. The van der Waals surface area contributed by atoms with Crippen LogP contribution in [0.4, 0.5) is 0 Å². The Kier molecular flexibility index (Phi) is 4.91. The highest BCUT2D eigenvalue weighted by Gasteiger charge is 2.22. The van der Waals surface area contributed by atoms with Crippen LogP contribution in [0, 0.1) is 0 Å². The van der Waals surface area contributed by atoms with E-state index in [0.29, 0.717) is 0 Å². The largest absolute Gasteiger partial charge is 0.457 e. The van der Waals surface area contributed by atoms with Crippen LogP contribution in [-0.2, 0) is 9.53 Å². The Bertz CT molecular complexity index is 539. The first-order chi connectivity index (χ1) is 9.72.